The molecule has 186 valence electrons. The van der Waals surface area contributed by atoms with Crippen LogP contribution >= 0.6 is 0 Å². The molecule has 12 heteroatoms. The van der Waals surface area contributed by atoms with Gasteiger partial charge in [-0.15, -0.1) is 0 Å². The Kier molecular flexibility index (Phi) is 7.37. The molecule has 1 aliphatic rings. The van der Waals surface area contributed by atoms with Gasteiger partial charge < -0.3 is 20.3 Å². The van der Waals surface area contributed by atoms with E-state index in [9.17, 15) is 13.2 Å². The van der Waals surface area contributed by atoms with Crippen molar-refractivity contribution in [1.29, 1.82) is 0 Å². The van der Waals surface area contributed by atoms with Crippen molar-refractivity contribution in [3.63, 3.8) is 0 Å². The number of nitrogens with one attached hydrogen (secondary N) is 2. The van der Waals surface area contributed by atoms with Gasteiger partial charge in [0.05, 0.1) is 11.2 Å². The van der Waals surface area contributed by atoms with Gasteiger partial charge in [-0.05, 0) is 36.8 Å². The van der Waals surface area contributed by atoms with Crippen LogP contribution in [-0.2, 0) is 24.8 Å². The van der Waals surface area contributed by atoms with Gasteiger partial charge in [0.25, 0.3) is 0 Å². The van der Waals surface area contributed by atoms with Crippen molar-refractivity contribution >= 4 is 28.8 Å². The number of aryl methyl sites for hydroxylation is 2. The topological polar surface area (TPSA) is 110 Å². The Balaban J connectivity index is 0.000000406. The van der Waals surface area contributed by atoms with Crippen LogP contribution in [0.4, 0.5) is 24.9 Å². The summed E-state index contributed by atoms with van der Waals surface area (Å²) in [4.78, 5) is 18.3. The first-order chi connectivity index (χ1) is 15.9. The van der Waals surface area contributed by atoms with Gasteiger partial charge in [-0.2, -0.15) is 23.3 Å². The van der Waals surface area contributed by atoms with Crippen LogP contribution in [0.2, 0.25) is 0 Å². The molecule has 0 aromatic carbocycles. The van der Waals surface area contributed by atoms with Gasteiger partial charge in [0.1, 0.15) is 5.52 Å². The molecule has 0 saturated heterocycles. The van der Waals surface area contributed by atoms with Gasteiger partial charge in [-0.1, -0.05) is 13.8 Å². The fourth-order valence-corrected chi connectivity index (χ4v) is 3.56. The van der Waals surface area contributed by atoms with Crippen molar-refractivity contribution in [3.8, 4) is 0 Å². The highest BCUT2D eigenvalue weighted by Gasteiger charge is 2.45. The molecule has 0 bridgehead atoms. The van der Waals surface area contributed by atoms with E-state index in [2.05, 4.69) is 52.1 Å². The van der Waals surface area contributed by atoms with E-state index in [4.69, 9.17) is 14.9 Å². The molecule has 3 heterocycles. The van der Waals surface area contributed by atoms with Gasteiger partial charge in [0.2, 0.25) is 5.95 Å². The molecule has 9 nitrogen and oxygen atoms in total. The summed E-state index contributed by atoms with van der Waals surface area (Å²) in [6, 6.07) is 4.12. The molecule has 4 rings (SSSR count). The molecule has 0 amide bonds. The van der Waals surface area contributed by atoms with Gasteiger partial charge in [-0.25, -0.2) is 9.78 Å². The molecule has 1 atom stereocenters. The first-order valence-electron chi connectivity index (χ1n) is 11.0. The van der Waals surface area contributed by atoms with E-state index in [1.807, 2.05) is 30.2 Å². The van der Waals surface area contributed by atoms with E-state index in [-0.39, 0.29) is 0 Å². The Labute approximate surface area is 195 Å². The van der Waals surface area contributed by atoms with E-state index in [0.717, 1.165) is 48.6 Å². The maximum Gasteiger partial charge on any atom is 0.490 e. The van der Waals surface area contributed by atoms with E-state index in [1.54, 1.807) is 0 Å². The highest BCUT2D eigenvalue weighted by molar-refractivity contribution is 5.87. The maximum atomic E-state index is 10.6. The summed E-state index contributed by atoms with van der Waals surface area (Å²) < 4.78 is 35.8. The fraction of sp³-hybridized carbons (Fsp3) is 0.545. The van der Waals surface area contributed by atoms with Crippen LogP contribution in [0.15, 0.2) is 24.5 Å². The normalized spacial score (nSPS) is 16.6. The zero-order valence-electron chi connectivity index (χ0n) is 19.6. The number of rotatable bonds is 8. The van der Waals surface area contributed by atoms with Crippen molar-refractivity contribution in [3.05, 3.63) is 30.2 Å². The Morgan fingerprint density at radius 1 is 1.24 bits per heavy atom. The minimum atomic E-state index is -5.08. The molecule has 3 aromatic rings. The molecule has 3 N–H and O–H groups in total. The Hall–Kier alpha value is -3.31. The lowest BCUT2D eigenvalue weighted by atomic mass is 10.1. The van der Waals surface area contributed by atoms with E-state index in [0.29, 0.717) is 17.3 Å². The predicted octanol–water partition coefficient (Wildman–Crippen LogP) is 3.93. The number of carbonyl (C=O) groups is 1. The minimum Gasteiger partial charge on any atom is -0.475 e. The molecule has 0 spiro atoms. The SMILES string of the molecule is CCn1ccc(CCNc2nc(NCC3CC3(C)C)nc3ccn(C)c23)n1.O=C(O)C(F)(F)F. The van der Waals surface area contributed by atoms with Crippen LogP contribution in [0.3, 0.4) is 0 Å². The molecule has 1 fully saturated rings. The molecule has 0 aliphatic heterocycles. The first-order valence-corrected chi connectivity index (χ1v) is 11.0. The lowest BCUT2D eigenvalue weighted by Crippen LogP contribution is -2.21. The number of hydrogen-bond donors (Lipinski definition) is 3. The number of hydrogen-bond acceptors (Lipinski definition) is 6. The third-order valence-corrected chi connectivity index (χ3v) is 5.88. The third kappa shape index (κ3) is 6.39. The van der Waals surface area contributed by atoms with Crippen LogP contribution in [0.1, 0.15) is 32.9 Å². The quantitative estimate of drug-likeness (QED) is 0.447. The highest BCUT2D eigenvalue weighted by atomic mass is 19.4. The second kappa shape index (κ2) is 9.90. The molecule has 0 radical (unpaired) electrons. The second-order valence-electron chi connectivity index (χ2n) is 8.97. The molecule has 1 saturated carbocycles. The molecule has 1 unspecified atom stereocenters. The predicted molar refractivity (Wildman–Crippen MR) is 123 cm³/mol. The van der Waals surface area contributed by atoms with Crippen molar-refractivity contribution in [2.24, 2.45) is 18.4 Å². The molecular formula is C22H30F3N7O2. The zero-order valence-corrected chi connectivity index (χ0v) is 19.6. The van der Waals surface area contributed by atoms with E-state index < -0.39 is 12.1 Å². The van der Waals surface area contributed by atoms with Gasteiger partial charge >= 0.3 is 12.1 Å². The minimum absolute atomic E-state index is 0.451. The lowest BCUT2D eigenvalue weighted by molar-refractivity contribution is -0.192. The number of aliphatic carboxylic acids is 1. The van der Waals surface area contributed by atoms with Gasteiger partial charge in [0, 0.05) is 45.5 Å². The van der Waals surface area contributed by atoms with E-state index in [1.165, 1.54) is 6.42 Å². The Bertz CT molecular complexity index is 1140. The lowest BCUT2D eigenvalue weighted by Gasteiger charge is -2.11. The monoisotopic (exact) mass is 481 g/mol. The average Bonchev–Trinajstić information content (AvgIpc) is 3.09. The van der Waals surface area contributed by atoms with Gasteiger partial charge in [0.15, 0.2) is 5.82 Å². The summed E-state index contributed by atoms with van der Waals surface area (Å²) in [5.74, 6) is -0.473. The number of aromatic nitrogens is 5. The first kappa shape index (κ1) is 25.3. The number of halogens is 3. The maximum absolute atomic E-state index is 10.6. The van der Waals surface area contributed by atoms with Gasteiger partial charge in [-0.3, -0.25) is 4.68 Å². The number of fused-ring (bicyclic) bond motifs is 1. The average molecular weight is 482 g/mol. The third-order valence-electron chi connectivity index (χ3n) is 5.88. The fourth-order valence-electron chi connectivity index (χ4n) is 3.56. The molecular weight excluding hydrogens is 451 g/mol. The van der Waals surface area contributed by atoms with Crippen LogP contribution in [0, 0.1) is 11.3 Å². The number of carboxylic acid groups (broad SMARTS) is 1. The number of anilines is 2. The molecule has 34 heavy (non-hydrogen) atoms. The summed E-state index contributed by atoms with van der Waals surface area (Å²) in [5.41, 5.74) is 3.54. The second-order valence-corrected chi connectivity index (χ2v) is 8.97. The highest BCUT2D eigenvalue weighted by Crippen LogP contribution is 2.51. The number of carboxylic acids is 1. The smallest absolute Gasteiger partial charge is 0.475 e. The zero-order chi connectivity index (χ0) is 25.1. The molecule has 1 aliphatic carbocycles. The van der Waals surface area contributed by atoms with Crippen molar-refractivity contribution in [2.45, 2.75) is 46.3 Å². The van der Waals surface area contributed by atoms with Crippen LogP contribution in [0.5, 0.6) is 0 Å². The van der Waals surface area contributed by atoms with Crippen LogP contribution in [-0.4, -0.2) is 54.7 Å². The summed E-state index contributed by atoms with van der Waals surface area (Å²) >= 11 is 0. The molecule has 3 aromatic heterocycles. The standard InChI is InChI=1S/C20H29N7.C2HF3O2/c1-5-27-11-7-15(25-27)6-9-21-18-17-16(8-10-26(17)4)23-19(24-18)22-13-14-12-20(14,2)3;3-2(4,5)1(6)7/h7-8,10-11,14H,5-6,9,12-13H2,1-4H3,(H2,21,22,23,24);(H,6,7). The summed E-state index contributed by atoms with van der Waals surface area (Å²) in [5, 5.41) is 18.6. The number of alkyl halides is 3. The summed E-state index contributed by atoms with van der Waals surface area (Å²) in [6.07, 6.45) is 1.10. The Morgan fingerprint density at radius 2 is 1.91 bits per heavy atom. The van der Waals surface area contributed by atoms with Crippen LogP contribution < -0.4 is 10.6 Å². The Morgan fingerprint density at radius 3 is 2.47 bits per heavy atom. The van der Waals surface area contributed by atoms with Crippen molar-refractivity contribution < 1.29 is 23.1 Å². The van der Waals surface area contributed by atoms with Crippen molar-refractivity contribution in [1.82, 2.24) is 24.3 Å². The summed E-state index contributed by atoms with van der Waals surface area (Å²) in [6.45, 7) is 9.34. The summed E-state index contributed by atoms with van der Waals surface area (Å²) in [7, 11) is 2.03. The van der Waals surface area contributed by atoms with Crippen LogP contribution in [0.25, 0.3) is 11.0 Å². The number of nitrogens with zero attached hydrogens (tertiary/aromatic N) is 5. The van der Waals surface area contributed by atoms with Crippen molar-refractivity contribution in [2.75, 3.05) is 23.7 Å². The van der Waals surface area contributed by atoms with E-state index >= 15 is 0 Å². The largest absolute Gasteiger partial charge is 0.490 e.